The Morgan fingerprint density at radius 3 is 2.83 bits per heavy atom. The lowest BCUT2D eigenvalue weighted by Crippen LogP contribution is -2.19. The quantitative estimate of drug-likeness (QED) is 0.848. The minimum Gasteiger partial charge on any atom is -0.381 e. The lowest BCUT2D eigenvalue weighted by Gasteiger charge is -2.08. The van der Waals surface area contributed by atoms with Gasteiger partial charge in [0.2, 0.25) is 5.91 Å². The number of rotatable bonds is 3. The molecular formula is C12H15N5O. The second-order valence-corrected chi connectivity index (χ2v) is 4.21. The van der Waals surface area contributed by atoms with Gasteiger partial charge in [0, 0.05) is 5.69 Å². The number of hydrogen-bond acceptors (Lipinski definition) is 4. The molecule has 0 atom stereocenters. The van der Waals surface area contributed by atoms with Crippen molar-refractivity contribution in [3.63, 3.8) is 0 Å². The van der Waals surface area contributed by atoms with Crippen LogP contribution in [0.25, 0.3) is 0 Å². The average Bonchev–Trinajstić information content (AvgIpc) is 2.68. The Morgan fingerprint density at radius 2 is 2.22 bits per heavy atom. The van der Waals surface area contributed by atoms with Gasteiger partial charge in [0.25, 0.3) is 0 Å². The lowest BCUT2D eigenvalue weighted by molar-refractivity contribution is -0.116. The molecule has 1 amide bonds. The maximum atomic E-state index is 11.8. The van der Waals surface area contributed by atoms with Crippen LogP contribution >= 0.6 is 0 Å². The molecule has 2 rings (SSSR count). The van der Waals surface area contributed by atoms with E-state index in [9.17, 15) is 4.79 Å². The summed E-state index contributed by atoms with van der Waals surface area (Å²) in [5.41, 5.74) is 8.42. The van der Waals surface area contributed by atoms with Gasteiger partial charge in [-0.25, -0.2) is 4.68 Å². The zero-order chi connectivity index (χ0) is 13.1. The van der Waals surface area contributed by atoms with E-state index in [2.05, 4.69) is 15.6 Å². The number of anilines is 2. The predicted molar refractivity (Wildman–Crippen MR) is 69.0 cm³/mol. The molecular weight excluding hydrogens is 230 g/mol. The Bertz CT molecular complexity index is 576. The number of amides is 1. The molecule has 0 spiro atoms. The van der Waals surface area contributed by atoms with Gasteiger partial charge in [-0.15, -0.1) is 5.10 Å². The van der Waals surface area contributed by atoms with Crippen molar-refractivity contribution in [1.29, 1.82) is 0 Å². The van der Waals surface area contributed by atoms with E-state index in [1.165, 1.54) is 10.9 Å². The van der Waals surface area contributed by atoms with Gasteiger partial charge in [-0.2, -0.15) is 0 Å². The van der Waals surface area contributed by atoms with Crippen molar-refractivity contribution in [2.75, 3.05) is 11.1 Å². The van der Waals surface area contributed by atoms with Gasteiger partial charge in [-0.05, 0) is 25.5 Å². The van der Waals surface area contributed by atoms with Gasteiger partial charge in [0.15, 0.2) is 5.82 Å². The van der Waals surface area contributed by atoms with Gasteiger partial charge in [0.1, 0.15) is 6.54 Å². The molecule has 6 nitrogen and oxygen atoms in total. The van der Waals surface area contributed by atoms with E-state index in [1.54, 1.807) is 0 Å². The molecule has 1 aromatic heterocycles. The fourth-order valence-corrected chi connectivity index (χ4v) is 1.68. The Morgan fingerprint density at radius 1 is 1.44 bits per heavy atom. The van der Waals surface area contributed by atoms with Crippen molar-refractivity contribution >= 4 is 17.4 Å². The van der Waals surface area contributed by atoms with Crippen molar-refractivity contribution in [3.8, 4) is 0 Å². The molecule has 1 heterocycles. The van der Waals surface area contributed by atoms with E-state index in [4.69, 9.17) is 5.73 Å². The molecule has 0 unspecified atom stereocenters. The van der Waals surface area contributed by atoms with Crippen molar-refractivity contribution in [2.24, 2.45) is 0 Å². The minimum atomic E-state index is -0.160. The summed E-state index contributed by atoms with van der Waals surface area (Å²) >= 11 is 0. The molecule has 0 aliphatic heterocycles. The lowest BCUT2D eigenvalue weighted by atomic mass is 10.1. The highest BCUT2D eigenvalue weighted by Crippen LogP contribution is 2.15. The number of aromatic nitrogens is 3. The monoisotopic (exact) mass is 245 g/mol. The molecule has 0 bridgehead atoms. The van der Waals surface area contributed by atoms with Crippen molar-refractivity contribution in [3.05, 3.63) is 35.5 Å². The maximum absolute atomic E-state index is 11.8. The van der Waals surface area contributed by atoms with Gasteiger partial charge in [-0.3, -0.25) is 4.79 Å². The molecule has 3 N–H and O–H groups in total. The SMILES string of the molecule is Cc1ccc(NC(=O)Cn2cc(N)nn2)c(C)c1. The zero-order valence-electron chi connectivity index (χ0n) is 10.3. The first-order valence-electron chi connectivity index (χ1n) is 5.57. The van der Waals surface area contributed by atoms with E-state index in [0.29, 0.717) is 5.82 Å². The van der Waals surface area contributed by atoms with E-state index >= 15 is 0 Å². The Labute approximate surface area is 105 Å². The number of nitrogens with one attached hydrogen (secondary N) is 1. The smallest absolute Gasteiger partial charge is 0.246 e. The van der Waals surface area contributed by atoms with Crippen molar-refractivity contribution in [2.45, 2.75) is 20.4 Å². The van der Waals surface area contributed by atoms with Crippen LogP contribution in [0.2, 0.25) is 0 Å². The number of hydrogen-bond donors (Lipinski definition) is 2. The summed E-state index contributed by atoms with van der Waals surface area (Å²) in [4.78, 5) is 11.8. The van der Waals surface area contributed by atoms with Crippen LogP contribution in [0.4, 0.5) is 11.5 Å². The van der Waals surface area contributed by atoms with Gasteiger partial charge >= 0.3 is 0 Å². The average molecular weight is 245 g/mol. The molecule has 18 heavy (non-hydrogen) atoms. The molecule has 0 saturated carbocycles. The molecule has 1 aromatic carbocycles. The number of benzene rings is 1. The van der Waals surface area contributed by atoms with Crippen LogP contribution in [0.5, 0.6) is 0 Å². The van der Waals surface area contributed by atoms with Gasteiger partial charge in [0.05, 0.1) is 6.20 Å². The van der Waals surface area contributed by atoms with E-state index < -0.39 is 0 Å². The highest BCUT2D eigenvalue weighted by Gasteiger charge is 2.07. The summed E-state index contributed by atoms with van der Waals surface area (Å²) in [6.07, 6.45) is 1.52. The highest BCUT2D eigenvalue weighted by atomic mass is 16.2. The van der Waals surface area contributed by atoms with Crippen LogP contribution in [-0.4, -0.2) is 20.9 Å². The predicted octanol–water partition coefficient (Wildman–Crippen LogP) is 1.12. The number of carbonyl (C=O) groups excluding carboxylic acids is 1. The van der Waals surface area contributed by atoms with Crippen LogP contribution in [0.3, 0.4) is 0 Å². The molecule has 0 fully saturated rings. The van der Waals surface area contributed by atoms with Crippen LogP contribution in [-0.2, 0) is 11.3 Å². The van der Waals surface area contributed by atoms with E-state index in [1.807, 2.05) is 32.0 Å². The molecule has 0 aliphatic rings. The third-order valence-corrected chi connectivity index (χ3v) is 2.52. The zero-order valence-corrected chi connectivity index (χ0v) is 10.3. The highest BCUT2D eigenvalue weighted by molar-refractivity contribution is 5.91. The maximum Gasteiger partial charge on any atom is 0.246 e. The molecule has 0 radical (unpaired) electrons. The summed E-state index contributed by atoms with van der Waals surface area (Å²) in [6.45, 7) is 4.06. The Balaban J connectivity index is 2.03. The van der Waals surface area contributed by atoms with Crippen molar-refractivity contribution in [1.82, 2.24) is 15.0 Å². The first-order chi connectivity index (χ1) is 8.54. The Kier molecular flexibility index (Phi) is 3.27. The summed E-state index contributed by atoms with van der Waals surface area (Å²) in [7, 11) is 0. The van der Waals surface area contributed by atoms with Gasteiger partial charge in [-0.1, -0.05) is 22.9 Å². The van der Waals surface area contributed by atoms with Crippen LogP contribution in [0.15, 0.2) is 24.4 Å². The minimum absolute atomic E-state index is 0.0948. The molecule has 0 saturated heterocycles. The first kappa shape index (κ1) is 12.1. The number of aryl methyl sites for hydroxylation is 2. The molecule has 0 aliphatic carbocycles. The summed E-state index contributed by atoms with van der Waals surface area (Å²) in [6, 6.07) is 5.86. The van der Waals surface area contributed by atoms with E-state index in [-0.39, 0.29) is 12.5 Å². The number of nitrogens with two attached hydrogens (primary N) is 1. The van der Waals surface area contributed by atoms with Crippen LogP contribution < -0.4 is 11.1 Å². The normalized spacial score (nSPS) is 10.3. The number of nitrogens with zero attached hydrogens (tertiary/aromatic N) is 3. The second kappa shape index (κ2) is 4.87. The topological polar surface area (TPSA) is 85.8 Å². The molecule has 94 valence electrons. The summed E-state index contributed by atoms with van der Waals surface area (Å²) in [5.74, 6) is 0.140. The fourth-order valence-electron chi connectivity index (χ4n) is 1.68. The number of nitrogen functional groups attached to an aromatic ring is 1. The standard InChI is InChI=1S/C12H15N5O/c1-8-3-4-10(9(2)5-8)14-12(18)7-17-6-11(13)15-16-17/h3-6H,7,13H2,1-2H3,(H,14,18). The number of carbonyl (C=O) groups is 1. The van der Waals surface area contributed by atoms with Crippen LogP contribution in [0, 0.1) is 13.8 Å². The third-order valence-electron chi connectivity index (χ3n) is 2.52. The summed E-state index contributed by atoms with van der Waals surface area (Å²) < 4.78 is 1.40. The van der Waals surface area contributed by atoms with Crippen molar-refractivity contribution < 1.29 is 4.79 Å². The second-order valence-electron chi connectivity index (χ2n) is 4.21. The molecule has 2 aromatic rings. The first-order valence-corrected chi connectivity index (χ1v) is 5.57. The largest absolute Gasteiger partial charge is 0.381 e. The van der Waals surface area contributed by atoms with E-state index in [0.717, 1.165) is 16.8 Å². The summed E-state index contributed by atoms with van der Waals surface area (Å²) in [5, 5.41) is 10.2. The third kappa shape index (κ3) is 2.85. The van der Waals surface area contributed by atoms with Crippen LogP contribution in [0.1, 0.15) is 11.1 Å². The molecule has 6 heteroatoms. The fraction of sp³-hybridized carbons (Fsp3) is 0.250. The Hall–Kier alpha value is -2.37. The van der Waals surface area contributed by atoms with Gasteiger partial charge < -0.3 is 11.1 Å².